The minimum Gasteiger partial charge on any atom is -0.348 e. The number of halogens is 3. The van der Waals surface area contributed by atoms with E-state index in [0.29, 0.717) is 6.54 Å². The topological polar surface area (TPSA) is 32.3 Å². The minimum absolute atomic E-state index is 0.199. The lowest BCUT2D eigenvalue weighted by Crippen LogP contribution is -2.40. The van der Waals surface area contributed by atoms with Gasteiger partial charge in [0.2, 0.25) is 0 Å². The van der Waals surface area contributed by atoms with Crippen molar-refractivity contribution in [2.45, 2.75) is 13.0 Å². The van der Waals surface area contributed by atoms with Crippen molar-refractivity contribution in [3.8, 4) is 0 Å². The van der Waals surface area contributed by atoms with Crippen molar-refractivity contribution in [3.63, 3.8) is 0 Å². The van der Waals surface area contributed by atoms with Gasteiger partial charge in [0.25, 0.3) is 5.91 Å². The minimum atomic E-state index is -0.878. The van der Waals surface area contributed by atoms with Crippen LogP contribution in [0.5, 0.6) is 0 Å². The number of carbonyl (C=O) groups is 1. The molecule has 0 aliphatic carbocycles. The molecule has 1 N–H and O–H groups in total. The van der Waals surface area contributed by atoms with Crippen molar-refractivity contribution in [1.82, 2.24) is 10.2 Å². The summed E-state index contributed by atoms with van der Waals surface area (Å²) in [5.74, 6) is -2.50. The van der Waals surface area contributed by atoms with Gasteiger partial charge < -0.3 is 10.2 Å². The van der Waals surface area contributed by atoms with Crippen LogP contribution in [0, 0.1) is 11.6 Å². The standard InChI is InChI=1S/C12H15BrF2N2O/c1-7(6-17(2)3)16-12(18)11-9(14)4-8(13)5-10(11)15/h4-5,7H,6H2,1-3H3,(H,16,18). The van der Waals surface area contributed by atoms with Gasteiger partial charge in [-0.3, -0.25) is 4.79 Å². The highest BCUT2D eigenvalue weighted by atomic mass is 79.9. The Labute approximate surface area is 113 Å². The van der Waals surface area contributed by atoms with E-state index in [1.807, 2.05) is 19.0 Å². The summed E-state index contributed by atoms with van der Waals surface area (Å²) in [4.78, 5) is 13.6. The van der Waals surface area contributed by atoms with Gasteiger partial charge in [-0.1, -0.05) is 15.9 Å². The van der Waals surface area contributed by atoms with Crippen molar-refractivity contribution in [2.75, 3.05) is 20.6 Å². The number of benzene rings is 1. The predicted octanol–water partition coefficient (Wildman–Crippen LogP) is 2.41. The van der Waals surface area contributed by atoms with E-state index in [1.54, 1.807) is 6.92 Å². The third-order valence-corrected chi connectivity index (χ3v) is 2.71. The zero-order chi connectivity index (χ0) is 13.9. The highest BCUT2D eigenvalue weighted by molar-refractivity contribution is 9.10. The van der Waals surface area contributed by atoms with Gasteiger partial charge in [0.1, 0.15) is 17.2 Å². The van der Waals surface area contributed by atoms with Gasteiger partial charge in [-0.25, -0.2) is 8.78 Å². The fourth-order valence-corrected chi connectivity index (χ4v) is 2.05. The maximum Gasteiger partial charge on any atom is 0.257 e. The third kappa shape index (κ3) is 4.03. The first kappa shape index (κ1) is 15.0. The summed E-state index contributed by atoms with van der Waals surface area (Å²) in [6.45, 7) is 2.36. The SMILES string of the molecule is CC(CN(C)C)NC(=O)c1c(F)cc(Br)cc1F. The number of carbonyl (C=O) groups excluding carboxylic acids is 1. The number of nitrogens with zero attached hydrogens (tertiary/aromatic N) is 1. The molecule has 0 radical (unpaired) electrons. The first-order valence-electron chi connectivity index (χ1n) is 5.41. The van der Waals surface area contributed by atoms with E-state index < -0.39 is 23.1 Å². The van der Waals surface area contributed by atoms with Crippen LogP contribution in [-0.4, -0.2) is 37.5 Å². The number of likely N-dealkylation sites (N-methyl/N-ethyl adjacent to an activating group) is 1. The second kappa shape index (κ2) is 6.24. The van der Waals surface area contributed by atoms with Crippen molar-refractivity contribution < 1.29 is 13.6 Å². The van der Waals surface area contributed by atoms with Gasteiger partial charge in [-0.2, -0.15) is 0 Å². The van der Waals surface area contributed by atoms with Crippen LogP contribution in [0.1, 0.15) is 17.3 Å². The maximum absolute atomic E-state index is 13.5. The average molecular weight is 321 g/mol. The average Bonchev–Trinajstić information content (AvgIpc) is 2.12. The molecule has 1 aromatic carbocycles. The molecule has 0 bridgehead atoms. The Balaban J connectivity index is 2.85. The molecule has 1 atom stereocenters. The van der Waals surface area contributed by atoms with E-state index in [9.17, 15) is 13.6 Å². The molecule has 1 rings (SSSR count). The normalized spacial score (nSPS) is 12.6. The molecule has 18 heavy (non-hydrogen) atoms. The van der Waals surface area contributed by atoms with Gasteiger partial charge in [0, 0.05) is 17.1 Å². The van der Waals surface area contributed by atoms with Crippen LogP contribution in [-0.2, 0) is 0 Å². The van der Waals surface area contributed by atoms with Crippen molar-refractivity contribution in [3.05, 3.63) is 33.8 Å². The van der Waals surface area contributed by atoms with Crippen LogP contribution in [0.4, 0.5) is 8.78 Å². The smallest absolute Gasteiger partial charge is 0.257 e. The molecule has 0 spiro atoms. The van der Waals surface area contributed by atoms with E-state index in [4.69, 9.17) is 0 Å². The maximum atomic E-state index is 13.5. The molecule has 1 amide bonds. The summed E-state index contributed by atoms with van der Waals surface area (Å²) < 4.78 is 27.3. The molecule has 100 valence electrons. The summed E-state index contributed by atoms with van der Waals surface area (Å²) in [6.07, 6.45) is 0. The van der Waals surface area contributed by atoms with Crippen molar-refractivity contribution in [1.29, 1.82) is 0 Å². The lowest BCUT2D eigenvalue weighted by Gasteiger charge is -2.18. The zero-order valence-corrected chi connectivity index (χ0v) is 12.0. The van der Waals surface area contributed by atoms with E-state index in [-0.39, 0.29) is 10.5 Å². The summed E-state index contributed by atoms with van der Waals surface area (Å²) in [6, 6.07) is 1.93. The molecule has 3 nitrogen and oxygen atoms in total. The first-order valence-corrected chi connectivity index (χ1v) is 6.20. The van der Waals surface area contributed by atoms with Gasteiger partial charge in [0.15, 0.2) is 0 Å². The fourth-order valence-electron chi connectivity index (χ4n) is 1.65. The van der Waals surface area contributed by atoms with Crippen LogP contribution < -0.4 is 5.32 Å². The Kier molecular flexibility index (Phi) is 5.22. The summed E-state index contributed by atoms with van der Waals surface area (Å²) in [7, 11) is 3.70. The Hall–Kier alpha value is -1.01. The molecule has 0 heterocycles. The highest BCUT2D eigenvalue weighted by Gasteiger charge is 2.19. The summed E-state index contributed by atoms with van der Waals surface area (Å²) in [5, 5.41) is 2.55. The van der Waals surface area contributed by atoms with Gasteiger partial charge in [0.05, 0.1) is 0 Å². The van der Waals surface area contributed by atoms with Gasteiger partial charge in [-0.15, -0.1) is 0 Å². The van der Waals surface area contributed by atoms with E-state index >= 15 is 0 Å². The van der Waals surface area contributed by atoms with Crippen LogP contribution >= 0.6 is 15.9 Å². The van der Waals surface area contributed by atoms with Crippen LogP contribution in [0.2, 0.25) is 0 Å². The largest absolute Gasteiger partial charge is 0.348 e. The Bertz CT molecular complexity index is 429. The van der Waals surface area contributed by atoms with Gasteiger partial charge in [-0.05, 0) is 33.2 Å². The first-order chi connectivity index (χ1) is 8.31. The second-order valence-corrected chi connectivity index (χ2v) is 5.30. The number of hydrogen-bond donors (Lipinski definition) is 1. The quantitative estimate of drug-likeness (QED) is 0.924. The molecule has 1 aromatic rings. The summed E-state index contributed by atoms with van der Waals surface area (Å²) in [5.41, 5.74) is -0.552. The Morgan fingerprint density at radius 3 is 2.33 bits per heavy atom. The lowest BCUT2D eigenvalue weighted by atomic mass is 10.1. The zero-order valence-electron chi connectivity index (χ0n) is 10.4. The van der Waals surface area contributed by atoms with E-state index in [2.05, 4.69) is 21.2 Å². The van der Waals surface area contributed by atoms with Crippen molar-refractivity contribution in [2.24, 2.45) is 0 Å². The van der Waals surface area contributed by atoms with Crippen LogP contribution in [0.3, 0.4) is 0 Å². The number of rotatable bonds is 4. The number of nitrogens with one attached hydrogen (secondary N) is 1. The fraction of sp³-hybridized carbons (Fsp3) is 0.417. The summed E-state index contributed by atoms with van der Waals surface area (Å²) >= 11 is 2.96. The molecular weight excluding hydrogens is 306 g/mol. The van der Waals surface area contributed by atoms with E-state index in [0.717, 1.165) is 12.1 Å². The molecule has 1 unspecified atom stereocenters. The van der Waals surface area contributed by atoms with E-state index in [1.165, 1.54) is 0 Å². The highest BCUT2D eigenvalue weighted by Crippen LogP contribution is 2.19. The molecule has 0 fully saturated rings. The molecule has 6 heteroatoms. The molecule has 0 saturated carbocycles. The third-order valence-electron chi connectivity index (χ3n) is 2.25. The number of hydrogen-bond acceptors (Lipinski definition) is 2. The van der Waals surface area contributed by atoms with Crippen LogP contribution in [0.25, 0.3) is 0 Å². The molecule has 0 saturated heterocycles. The monoisotopic (exact) mass is 320 g/mol. The number of amides is 1. The van der Waals surface area contributed by atoms with Crippen molar-refractivity contribution >= 4 is 21.8 Å². The Morgan fingerprint density at radius 1 is 1.39 bits per heavy atom. The second-order valence-electron chi connectivity index (χ2n) is 4.38. The molecule has 0 aromatic heterocycles. The molecular formula is C12H15BrF2N2O. The molecule has 0 aliphatic rings. The molecule has 0 aliphatic heterocycles. The lowest BCUT2D eigenvalue weighted by molar-refractivity contribution is 0.0926. The Morgan fingerprint density at radius 2 is 1.89 bits per heavy atom. The van der Waals surface area contributed by atoms with Gasteiger partial charge >= 0.3 is 0 Å². The predicted molar refractivity (Wildman–Crippen MR) is 69.5 cm³/mol. The van der Waals surface area contributed by atoms with Crippen LogP contribution in [0.15, 0.2) is 16.6 Å².